The minimum absolute atomic E-state index is 0.164. The van der Waals surface area contributed by atoms with Gasteiger partial charge in [-0.15, -0.1) is 0 Å². The van der Waals surface area contributed by atoms with Crippen LogP contribution in [-0.4, -0.2) is 17.7 Å². The van der Waals surface area contributed by atoms with E-state index < -0.39 is 0 Å². The minimum Gasteiger partial charge on any atom is -0.485 e. The average molecular weight is 362 g/mol. The number of aromatic nitrogens is 1. The van der Waals surface area contributed by atoms with Crippen LogP contribution in [0.25, 0.3) is 0 Å². The van der Waals surface area contributed by atoms with Gasteiger partial charge >= 0.3 is 0 Å². The molecule has 0 saturated heterocycles. The van der Waals surface area contributed by atoms with Crippen LogP contribution in [0.4, 0.5) is 5.82 Å². The highest BCUT2D eigenvalue weighted by Gasteiger charge is 2.17. The highest BCUT2D eigenvalue weighted by atomic mass is 16.7. The zero-order chi connectivity index (χ0) is 18.6. The molecule has 0 fully saturated rings. The molecule has 1 aliphatic rings. The molecule has 1 aliphatic heterocycles. The maximum atomic E-state index is 12.6. The summed E-state index contributed by atoms with van der Waals surface area (Å²) in [5.41, 5.74) is 2.68. The molecule has 27 heavy (non-hydrogen) atoms. The lowest BCUT2D eigenvalue weighted by Crippen LogP contribution is -2.14. The third-order valence-corrected chi connectivity index (χ3v) is 4.28. The standard InChI is InChI=1S/C21H18N2O4/c1-14-5-2-3-6-16(14)12-25-18-7-4-10-22-20(18)23-21(24)15-8-9-17-19(11-15)27-13-26-17/h2-11H,12-13H2,1H3,(H,22,23,24). The number of nitrogens with zero attached hydrogens (tertiary/aromatic N) is 1. The maximum Gasteiger partial charge on any atom is 0.257 e. The SMILES string of the molecule is Cc1ccccc1COc1cccnc1NC(=O)c1ccc2c(c1)OCO2. The molecule has 0 bridgehead atoms. The first-order valence-corrected chi connectivity index (χ1v) is 8.54. The lowest BCUT2D eigenvalue weighted by Gasteiger charge is -2.12. The molecule has 2 heterocycles. The summed E-state index contributed by atoms with van der Waals surface area (Å²) in [6.07, 6.45) is 1.61. The summed E-state index contributed by atoms with van der Waals surface area (Å²) < 4.78 is 16.5. The van der Waals surface area contributed by atoms with E-state index in [1.54, 1.807) is 36.5 Å². The molecule has 6 nitrogen and oxygen atoms in total. The molecule has 0 aliphatic carbocycles. The van der Waals surface area contributed by atoms with Crippen LogP contribution in [0.5, 0.6) is 17.2 Å². The predicted octanol–water partition coefficient (Wildman–Crippen LogP) is 3.95. The molecule has 0 radical (unpaired) electrons. The highest BCUT2D eigenvalue weighted by Crippen LogP contribution is 2.33. The fraction of sp³-hybridized carbons (Fsp3) is 0.143. The quantitative estimate of drug-likeness (QED) is 0.744. The number of rotatable bonds is 5. The van der Waals surface area contributed by atoms with E-state index in [1.807, 2.05) is 31.2 Å². The Balaban J connectivity index is 1.49. The molecular weight excluding hydrogens is 344 g/mol. The second-order valence-corrected chi connectivity index (χ2v) is 6.09. The Morgan fingerprint density at radius 2 is 1.96 bits per heavy atom. The summed E-state index contributed by atoms with van der Waals surface area (Å²) in [5, 5.41) is 2.80. The number of nitrogens with one attached hydrogen (secondary N) is 1. The van der Waals surface area contributed by atoms with Crippen LogP contribution in [0.1, 0.15) is 21.5 Å². The topological polar surface area (TPSA) is 69.7 Å². The van der Waals surface area contributed by atoms with Crippen LogP contribution in [0.2, 0.25) is 0 Å². The third-order valence-electron chi connectivity index (χ3n) is 4.28. The van der Waals surface area contributed by atoms with Gasteiger partial charge < -0.3 is 19.5 Å². The van der Waals surface area contributed by atoms with Crippen LogP contribution in [0.3, 0.4) is 0 Å². The van der Waals surface area contributed by atoms with Crippen molar-refractivity contribution in [3.63, 3.8) is 0 Å². The van der Waals surface area contributed by atoms with Crippen molar-refractivity contribution >= 4 is 11.7 Å². The number of amides is 1. The van der Waals surface area contributed by atoms with Crippen molar-refractivity contribution in [2.24, 2.45) is 0 Å². The number of aryl methyl sites for hydroxylation is 1. The summed E-state index contributed by atoms with van der Waals surface area (Å²) in [4.78, 5) is 16.8. The number of carbonyl (C=O) groups excluding carboxylic acids is 1. The van der Waals surface area contributed by atoms with E-state index in [0.717, 1.165) is 11.1 Å². The maximum absolute atomic E-state index is 12.6. The number of anilines is 1. The van der Waals surface area contributed by atoms with Crippen molar-refractivity contribution in [1.82, 2.24) is 4.98 Å². The van der Waals surface area contributed by atoms with Gasteiger partial charge in [-0.2, -0.15) is 0 Å². The van der Waals surface area contributed by atoms with Crippen molar-refractivity contribution in [3.05, 3.63) is 77.5 Å². The van der Waals surface area contributed by atoms with Gasteiger partial charge in [-0.25, -0.2) is 4.98 Å². The van der Waals surface area contributed by atoms with Gasteiger partial charge in [-0.05, 0) is 48.4 Å². The van der Waals surface area contributed by atoms with Crippen molar-refractivity contribution < 1.29 is 19.0 Å². The summed E-state index contributed by atoms with van der Waals surface area (Å²) >= 11 is 0. The fourth-order valence-corrected chi connectivity index (χ4v) is 2.75. The zero-order valence-electron chi connectivity index (χ0n) is 14.8. The van der Waals surface area contributed by atoms with Crippen molar-refractivity contribution in [2.45, 2.75) is 13.5 Å². The molecule has 1 N–H and O–H groups in total. The Hall–Kier alpha value is -3.54. The Kier molecular flexibility index (Phi) is 4.61. The Labute approximate surface area is 156 Å². The fourth-order valence-electron chi connectivity index (χ4n) is 2.75. The van der Waals surface area contributed by atoms with E-state index in [1.165, 1.54) is 0 Å². The summed E-state index contributed by atoms with van der Waals surface area (Å²) in [6, 6.07) is 16.6. The van der Waals surface area contributed by atoms with Gasteiger partial charge in [0, 0.05) is 11.8 Å². The molecule has 3 aromatic rings. The molecule has 136 valence electrons. The summed E-state index contributed by atoms with van der Waals surface area (Å²) in [5.74, 6) is 1.77. The molecular formula is C21H18N2O4. The second-order valence-electron chi connectivity index (χ2n) is 6.09. The molecule has 0 unspecified atom stereocenters. The first kappa shape index (κ1) is 16.9. The van der Waals surface area contributed by atoms with Gasteiger partial charge in [0.05, 0.1) is 0 Å². The molecule has 6 heteroatoms. The Bertz CT molecular complexity index is 987. The Morgan fingerprint density at radius 1 is 1.11 bits per heavy atom. The number of hydrogen-bond acceptors (Lipinski definition) is 5. The lowest BCUT2D eigenvalue weighted by molar-refractivity contribution is 0.102. The average Bonchev–Trinajstić information content (AvgIpc) is 3.16. The van der Waals surface area contributed by atoms with E-state index in [-0.39, 0.29) is 12.7 Å². The van der Waals surface area contributed by atoms with E-state index in [2.05, 4.69) is 10.3 Å². The zero-order valence-corrected chi connectivity index (χ0v) is 14.8. The van der Waals surface area contributed by atoms with E-state index in [4.69, 9.17) is 14.2 Å². The molecule has 1 amide bonds. The number of pyridine rings is 1. The van der Waals surface area contributed by atoms with Crippen LogP contribution < -0.4 is 19.5 Å². The normalized spacial score (nSPS) is 11.9. The van der Waals surface area contributed by atoms with Gasteiger partial charge in [0.25, 0.3) is 5.91 Å². The number of benzene rings is 2. The molecule has 0 saturated carbocycles. The number of ether oxygens (including phenoxy) is 3. The van der Waals surface area contributed by atoms with E-state index in [9.17, 15) is 4.79 Å². The smallest absolute Gasteiger partial charge is 0.257 e. The van der Waals surface area contributed by atoms with Crippen LogP contribution in [-0.2, 0) is 6.61 Å². The van der Waals surface area contributed by atoms with Crippen LogP contribution in [0, 0.1) is 6.92 Å². The molecule has 4 rings (SSSR count). The van der Waals surface area contributed by atoms with Crippen molar-refractivity contribution in [2.75, 3.05) is 12.1 Å². The number of carbonyl (C=O) groups is 1. The van der Waals surface area contributed by atoms with Gasteiger partial charge in [0.15, 0.2) is 23.1 Å². The highest BCUT2D eigenvalue weighted by molar-refractivity contribution is 6.04. The summed E-state index contributed by atoms with van der Waals surface area (Å²) in [6.45, 7) is 2.59. The first-order valence-electron chi connectivity index (χ1n) is 8.54. The second kappa shape index (κ2) is 7.37. The monoisotopic (exact) mass is 362 g/mol. The van der Waals surface area contributed by atoms with Crippen LogP contribution in [0.15, 0.2) is 60.8 Å². The van der Waals surface area contributed by atoms with Crippen molar-refractivity contribution in [3.8, 4) is 17.2 Å². The van der Waals surface area contributed by atoms with E-state index in [0.29, 0.717) is 35.2 Å². The van der Waals surface area contributed by atoms with Gasteiger partial charge in [-0.1, -0.05) is 24.3 Å². The van der Waals surface area contributed by atoms with Gasteiger partial charge in [0.2, 0.25) is 6.79 Å². The third kappa shape index (κ3) is 3.69. The summed E-state index contributed by atoms with van der Waals surface area (Å²) in [7, 11) is 0. The predicted molar refractivity (Wildman–Crippen MR) is 100 cm³/mol. The van der Waals surface area contributed by atoms with E-state index >= 15 is 0 Å². The molecule has 1 aromatic heterocycles. The van der Waals surface area contributed by atoms with Gasteiger partial charge in [0.1, 0.15) is 6.61 Å². The minimum atomic E-state index is -0.298. The van der Waals surface area contributed by atoms with Crippen LogP contribution >= 0.6 is 0 Å². The van der Waals surface area contributed by atoms with Crippen molar-refractivity contribution in [1.29, 1.82) is 0 Å². The largest absolute Gasteiger partial charge is 0.485 e. The first-order chi connectivity index (χ1) is 13.2. The molecule has 0 atom stereocenters. The molecule has 2 aromatic carbocycles. The Morgan fingerprint density at radius 3 is 2.85 bits per heavy atom. The number of hydrogen-bond donors (Lipinski definition) is 1. The lowest BCUT2D eigenvalue weighted by atomic mass is 10.1. The van der Waals surface area contributed by atoms with Gasteiger partial charge in [-0.3, -0.25) is 4.79 Å². The molecule has 0 spiro atoms. The number of fused-ring (bicyclic) bond motifs is 1.